The number of nitrogens with one attached hydrogen (secondary N) is 2. The number of alkyl halides is 3. The lowest BCUT2D eigenvalue weighted by molar-refractivity contribution is -0.155. The normalized spacial score (nSPS) is 27.0. The summed E-state index contributed by atoms with van der Waals surface area (Å²) < 4.78 is 49.8. The van der Waals surface area contributed by atoms with E-state index >= 15 is 0 Å². The number of ether oxygens (including phenoxy) is 1. The zero-order chi connectivity index (χ0) is 35.4. The van der Waals surface area contributed by atoms with E-state index in [0.29, 0.717) is 68.2 Å². The molecule has 3 heterocycles. The van der Waals surface area contributed by atoms with Gasteiger partial charge in [-0.25, -0.2) is 14.8 Å². The van der Waals surface area contributed by atoms with Crippen molar-refractivity contribution in [3.05, 3.63) is 77.1 Å². The van der Waals surface area contributed by atoms with Gasteiger partial charge in [0.2, 0.25) is 5.95 Å². The number of halogens is 3. The van der Waals surface area contributed by atoms with Crippen LogP contribution in [0.3, 0.4) is 0 Å². The minimum Gasteiger partial charge on any atom is -0.479 e. The molecule has 1 saturated heterocycles. The molecule has 5 atom stereocenters. The molecule has 1 aromatic heterocycles. The number of hydrogen-bond acceptors (Lipinski definition) is 7. The summed E-state index contributed by atoms with van der Waals surface area (Å²) in [7, 11) is 0. The second-order valence-corrected chi connectivity index (χ2v) is 14.6. The maximum Gasteiger partial charge on any atom is 0.434 e. The van der Waals surface area contributed by atoms with E-state index in [2.05, 4.69) is 20.6 Å². The minimum absolute atomic E-state index is 0.234. The molecule has 13 heteroatoms. The molecule has 4 aliphatic rings. The van der Waals surface area contributed by atoms with Crippen molar-refractivity contribution in [2.24, 2.45) is 23.7 Å². The zero-order valence-electron chi connectivity index (χ0n) is 27.9. The molecule has 2 bridgehead atoms. The fraction of sp³-hybridized carbons (Fsp3) is 0.486. The van der Waals surface area contributed by atoms with Crippen LogP contribution in [-0.4, -0.2) is 58.2 Å². The van der Waals surface area contributed by atoms with Crippen molar-refractivity contribution in [1.82, 2.24) is 15.3 Å². The van der Waals surface area contributed by atoms with Crippen molar-refractivity contribution >= 4 is 35.1 Å². The first-order chi connectivity index (χ1) is 23.8. The lowest BCUT2D eigenvalue weighted by atomic mass is 9.56. The van der Waals surface area contributed by atoms with Crippen molar-refractivity contribution in [3.63, 3.8) is 0 Å². The largest absolute Gasteiger partial charge is 0.479 e. The lowest BCUT2D eigenvalue weighted by Gasteiger charge is -2.52. The highest BCUT2D eigenvalue weighted by Gasteiger charge is 2.57. The third-order valence-electron chi connectivity index (χ3n) is 11.4. The molecule has 264 valence electrons. The van der Waals surface area contributed by atoms with Gasteiger partial charge in [0.05, 0.1) is 5.56 Å². The highest BCUT2D eigenvalue weighted by molar-refractivity contribution is 6.04. The van der Waals surface area contributed by atoms with Gasteiger partial charge >= 0.3 is 12.1 Å². The molecule has 7 rings (SSSR count). The van der Waals surface area contributed by atoms with Crippen molar-refractivity contribution in [1.29, 1.82) is 0 Å². The van der Waals surface area contributed by atoms with E-state index in [1.807, 2.05) is 19.1 Å². The van der Waals surface area contributed by atoms with E-state index in [9.17, 15) is 32.7 Å². The van der Waals surface area contributed by atoms with Gasteiger partial charge in [0.25, 0.3) is 11.8 Å². The van der Waals surface area contributed by atoms with Gasteiger partial charge in [-0.1, -0.05) is 32.0 Å². The number of nitrogens with zero attached hydrogens (tertiary/aromatic N) is 3. The van der Waals surface area contributed by atoms with Crippen molar-refractivity contribution in [2.45, 2.75) is 69.5 Å². The van der Waals surface area contributed by atoms with Crippen LogP contribution in [0.4, 0.5) is 30.5 Å². The Balaban J connectivity index is 1.23. The summed E-state index contributed by atoms with van der Waals surface area (Å²) in [5, 5.41) is 16.0. The number of anilines is 3. The number of amides is 2. The number of aliphatic carboxylic acids is 1. The Labute approximate surface area is 287 Å². The van der Waals surface area contributed by atoms with Crippen molar-refractivity contribution in [2.75, 3.05) is 30.0 Å². The second kappa shape index (κ2) is 12.7. The highest BCUT2D eigenvalue weighted by Crippen LogP contribution is 2.52. The van der Waals surface area contributed by atoms with Gasteiger partial charge in [0.15, 0.2) is 5.69 Å². The van der Waals surface area contributed by atoms with Crippen molar-refractivity contribution < 1.29 is 37.4 Å². The summed E-state index contributed by atoms with van der Waals surface area (Å²) in [4.78, 5) is 49.5. The predicted molar refractivity (Wildman–Crippen MR) is 178 cm³/mol. The molecule has 1 spiro atoms. The first kappa shape index (κ1) is 34.0. The topological polar surface area (TPSA) is 134 Å². The second-order valence-electron chi connectivity index (χ2n) is 14.6. The molecular formula is C37H40F3N5O5. The lowest BCUT2D eigenvalue weighted by Crippen LogP contribution is -2.66. The van der Waals surface area contributed by atoms with Crippen LogP contribution < -0.4 is 15.5 Å². The first-order valence-electron chi connectivity index (χ1n) is 17.2. The third-order valence-corrected chi connectivity index (χ3v) is 11.4. The number of fused-ring (bicyclic) bond motifs is 4. The molecule has 3 aromatic rings. The molecular weight excluding hydrogens is 651 g/mol. The van der Waals surface area contributed by atoms with Crippen LogP contribution in [0, 0.1) is 23.7 Å². The Morgan fingerprint density at radius 2 is 1.72 bits per heavy atom. The number of hydrogen-bond donors (Lipinski definition) is 3. The molecule has 50 heavy (non-hydrogen) atoms. The van der Waals surface area contributed by atoms with Crippen LogP contribution in [0.2, 0.25) is 0 Å². The van der Waals surface area contributed by atoms with Crippen molar-refractivity contribution in [3.8, 4) is 0 Å². The van der Waals surface area contributed by atoms with Gasteiger partial charge in [0.1, 0.15) is 5.54 Å². The van der Waals surface area contributed by atoms with Gasteiger partial charge in [-0.2, -0.15) is 13.2 Å². The number of carboxylic acids is 1. The molecule has 3 fully saturated rings. The van der Waals surface area contributed by atoms with Crippen LogP contribution in [0.1, 0.15) is 84.3 Å². The van der Waals surface area contributed by atoms with E-state index in [0.717, 1.165) is 18.2 Å². The number of carbonyl (C=O) groups is 3. The SMILES string of the molecule is CC1CC2CC(C)C(NC(=O)c3cnc(N4CC5(CCOCC5)c5cc(NC(=O)c6ccccc6)ccc54)nc3C(F)(F)F)(C(=O)O)C(C1)C2. The smallest absolute Gasteiger partial charge is 0.434 e. The van der Waals surface area contributed by atoms with E-state index in [1.54, 1.807) is 48.2 Å². The summed E-state index contributed by atoms with van der Waals surface area (Å²) in [6.07, 6.45) is -0.295. The van der Waals surface area contributed by atoms with Gasteiger partial charge in [-0.15, -0.1) is 0 Å². The molecule has 3 N–H and O–H groups in total. The molecule has 0 radical (unpaired) electrons. The number of aromatic nitrogens is 2. The summed E-state index contributed by atoms with van der Waals surface area (Å²) in [6, 6.07) is 14.0. The fourth-order valence-electron chi connectivity index (χ4n) is 9.11. The monoisotopic (exact) mass is 691 g/mol. The average Bonchev–Trinajstić information content (AvgIpc) is 3.38. The Hall–Kier alpha value is -4.52. The van der Waals surface area contributed by atoms with Gasteiger partial charge in [-0.05, 0) is 98.1 Å². The Morgan fingerprint density at radius 3 is 2.42 bits per heavy atom. The molecule has 2 amide bonds. The van der Waals surface area contributed by atoms with Crippen LogP contribution in [0.15, 0.2) is 54.7 Å². The van der Waals surface area contributed by atoms with Crippen LogP contribution >= 0.6 is 0 Å². The van der Waals surface area contributed by atoms with Gasteiger partial charge in [0, 0.05) is 48.3 Å². The third kappa shape index (κ3) is 5.88. The average molecular weight is 692 g/mol. The molecule has 2 aliphatic carbocycles. The Bertz CT molecular complexity index is 1810. The molecule has 10 nitrogen and oxygen atoms in total. The minimum atomic E-state index is -5.03. The van der Waals surface area contributed by atoms with E-state index in [1.165, 1.54) is 0 Å². The summed E-state index contributed by atoms with van der Waals surface area (Å²) in [5.41, 5.74) is -2.01. The fourth-order valence-corrected chi connectivity index (χ4v) is 9.11. The van der Waals surface area contributed by atoms with E-state index in [4.69, 9.17) is 4.74 Å². The molecule has 2 aromatic carbocycles. The summed E-state index contributed by atoms with van der Waals surface area (Å²) in [6.45, 7) is 4.97. The van der Waals surface area contributed by atoms with Gasteiger partial charge in [-0.3, -0.25) is 9.59 Å². The molecule has 2 saturated carbocycles. The maximum atomic E-state index is 14.7. The van der Waals surface area contributed by atoms with Crippen LogP contribution in [0.25, 0.3) is 0 Å². The van der Waals surface area contributed by atoms with E-state index in [-0.39, 0.29) is 24.3 Å². The van der Waals surface area contributed by atoms with E-state index < -0.39 is 52.1 Å². The maximum absolute atomic E-state index is 14.7. The number of rotatable bonds is 6. The summed E-state index contributed by atoms with van der Waals surface area (Å²) in [5.74, 6) is -3.25. The predicted octanol–water partition coefficient (Wildman–Crippen LogP) is 6.59. The number of carboxylic acid groups (broad SMARTS) is 1. The Morgan fingerprint density at radius 1 is 0.980 bits per heavy atom. The van der Waals surface area contributed by atoms with Crippen LogP contribution in [0.5, 0.6) is 0 Å². The zero-order valence-corrected chi connectivity index (χ0v) is 27.9. The molecule has 5 unspecified atom stereocenters. The quantitative estimate of drug-likeness (QED) is 0.264. The van der Waals surface area contributed by atoms with Crippen LogP contribution in [-0.2, 0) is 21.1 Å². The Kier molecular flexibility index (Phi) is 8.60. The number of carbonyl (C=O) groups excluding carboxylic acids is 2. The number of benzene rings is 2. The van der Waals surface area contributed by atoms with Gasteiger partial charge < -0.3 is 25.4 Å². The first-order valence-corrected chi connectivity index (χ1v) is 17.2. The summed E-state index contributed by atoms with van der Waals surface area (Å²) >= 11 is 0. The highest BCUT2D eigenvalue weighted by atomic mass is 19.4. The standard InChI is InChI=1S/C37H40F3N5O5/c1-21-14-23-16-22(2)36(33(48)49,25(15-21)17-23)44-32(47)27-19-41-34(43-30(27)37(38,39)40)45-20-35(10-12-50-13-11-35)28-18-26(8-9-29(28)45)42-31(46)24-6-4-3-5-7-24/h3-9,18-19,21-23,25H,10-17,20H2,1-2H3,(H,42,46)(H,44,47)(H,48,49). The molecule has 2 aliphatic heterocycles.